The highest BCUT2D eigenvalue weighted by atomic mass is 19.4. The van der Waals surface area contributed by atoms with Gasteiger partial charge in [0.25, 0.3) is 0 Å². The first-order valence-corrected chi connectivity index (χ1v) is 22.7. The summed E-state index contributed by atoms with van der Waals surface area (Å²) in [5, 5.41) is 57.4. The number of carbonyl (C=O) groups is 7. The van der Waals surface area contributed by atoms with Gasteiger partial charge in [-0.15, -0.1) is 0 Å². The molecule has 0 saturated heterocycles. The molecule has 0 aromatic carbocycles. The Bertz CT molecular complexity index is 1580. The molecule has 43 N–H and O–H groups in total. The molecule has 0 spiro atoms. The molecular formula is C38H85F3N24O14. The van der Waals surface area contributed by atoms with Gasteiger partial charge in [-0.25, -0.2) is 4.79 Å². The maximum atomic E-state index is 10.6. The standard InChI is InChI=1S/6C6H14N4O2.C2HF3O2/c6*7-4(5(11)12)2-1-3-10-6(8)9;3-2(4,5)1(6)7/h6*4H,1-3,7H2,(H,11,12)(H4,8,9,10);(H,6,7)/t6*4-;/m111111./s1. The molecule has 0 fully saturated rings. The van der Waals surface area contributed by atoms with Gasteiger partial charge >= 0.3 is 48.0 Å². The lowest BCUT2D eigenvalue weighted by Gasteiger charge is -2.03. The highest BCUT2D eigenvalue weighted by Crippen LogP contribution is 2.13. The van der Waals surface area contributed by atoms with Crippen molar-refractivity contribution >= 4 is 77.5 Å². The number of alkyl halides is 3. The number of carboxylic acids is 7. The lowest BCUT2D eigenvalue weighted by atomic mass is 10.2. The summed E-state index contributed by atoms with van der Waals surface area (Å²) in [6.45, 7) is 2.52. The summed E-state index contributed by atoms with van der Waals surface area (Å²) in [6, 6.07) is -4.92. The second-order valence-corrected chi connectivity index (χ2v) is 15.2. The van der Waals surface area contributed by atoms with Gasteiger partial charge < -0.3 is 139 Å². The van der Waals surface area contributed by atoms with Crippen LogP contribution in [-0.2, 0) is 33.6 Å². The fourth-order valence-electron chi connectivity index (χ4n) is 3.86. The van der Waals surface area contributed by atoms with Crippen molar-refractivity contribution in [3.63, 3.8) is 0 Å². The van der Waals surface area contributed by atoms with Crippen molar-refractivity contribution in [1.82, 2.24) is 0 Å². The lowest BCUT2D eigenvalue weighted by molar-refractivity contribution is -0.192. The minimum Gasteiger partial charge on any atom is -0.480 e. The molecular weight excluding hydrogens is 1070 g/mol. The van der Waals surface area contributed by atoms with Crippen LogP contribution in [0.3, 0.4) is 0 Å². The van der Waals surface area contributed by atoms with Crippen molar-refractivity contribution in [2.75, 3.05) is 39.3 Å². The van der Waals surface area contributed by atoms with Gasteiger partial charge in [0, 0.05) is 39.3 Å². The third-order valence-electron chi connectivity index (χ3n) is 7.95. The second kappa shape index (κ2) is 52.9. The molecule has 38 nitrogen and oxygen atoms in total. The highest BCUT2D eigenvalue weighted by Gasteiger charge is 2.38. The normalized spacial score (nSPS) is 12.0. The van der Waals surface area contributed by atoms with Crippen LogP contribution >= 0.6 is 0 Å². The van der Waals surface area contributed by atoms with E-state index in [1.807, 2.05) is 0 Å². The van der Waals surface area contributed by atoms with Crippen molar-refractivity contribution in [2.24, 2.45) is 133 Å². The van der Waals surface area contributed by atoms with Crippen molar-refractivity contribution < 1.29 is 82.5 Å². The Balaban J connectivity index is -0.000000154. The quantitative estimate of drug-likeness (QED) is 0.0180. The molecule has 0 radical (unpaired) electrons. The molecule has 462 valence electrons. The summed E-state index contributed by atoms with van der Waals surface area (Å²) in [6.07, 6.45) is 0.652. The number of carboxylic acid groups (broad SMARTS) is 7. The molecule has 0 saturated carbocycles. The zero-order chi connectivity index (χ0) is 63.4. The third kappa shape index (κ3) is 78.5. The molecule has 41 heteroatoms. The molecule has 0 unspecified atom stereocenters. The third-order valence-corrected chi connectivity index (χ3v) is 7.95. The molecule has 0 amide bonds. The highest BCUT2D eigenvalue weighted by molar-refractivity contribution is 5.78. The van der Waals surface area contributed by atoms with E-state index in [2.05, 4.69) is 30.0 Å². The van der Waals surface area contributed by atoms with Crippen LogP contribution in [-0.4, -0.2) is 195 Å². The van der Waals surface area contributed by atoms with Crippen molar-refractivity contribution in [3.8, 4) is 0 Å². The van der Waals surface area contributed by atoms with Crippen LogP contribution < -0.4 is 103 Å². The average molecular weight is 1160 g/mol. The van der Waals surface area contributed by atoms with Gasteiger partial charge in [-0.1, -0.05) is 0 Å². The first-order chi connectivity index (χ1) is 36.2. The van der Waals surface area contributed by atoms with Crippen LogP contribution in [0.1, 0.15) is 77.0 Å². The van der Waals surface area contributed by atoms with Crippen LogP contribution in [0, 0.1) is 0 Å². The molecule has 0 aromatic heterocycles. The first-order valence-electron chi connectivity index (χ1n) is 22.7. The van der Waals surface area contributed by atoms with E-state index in [0.29, 0.717) is 116 Å². The molecule has 0 rings (SSSR count). The number of rotatable bonds is 30. The van der Waals surface area contributed by atoms with Crippen molar-refractivity contribution in [2.45, 2.75) is 119 Å². The van der Waals surface area contributed by atoms with Gasteiger partial charge in [0.1, 0.15) is 36.3 Å². The Hall–Kier alpha value is -8.54. The molecule has 0 aromatic rings. The maximum Gasteiger partial charge on any atom is 0.490 e. The Labute approximate surface area is 451 Å². The van der Waals surface area contributed by atoms with Gasteiger partial charge in [0.15, 0.2) is 35.8 Å². The van der Waals surface area contributed by atoms with Crippen molar-refractivity contribution in [3.05, 3.63) is 0 Å². The fraction of sp³-hybridized carbons (Fsp3) is 0.658. The smallest absolute Gasteiger partial charge is 0.480 e. The van der Waals surface area contributed by atoms with E-state index < -0.39 is 84.2 Å². The van der Waals surface area contributed by atoms with E-state index in [4.69, 9.17) is 144 Å². The van der Waals surface area contributed by atoms with Gasteiger partial charge in [0.2, 0.25) is 0 Å². The van der Waals surface area contributed by atoms with Crippen LogP contribution in [0.5, 0.6) is 0 Å². The summed E-state index contributed by atoms with van der Waals surface area (Å²) in [7, 11) is 0. The van der Waals surface area contributed by atoms with E-state index in [1.165, 1.54) is 0 Å². The second-order valence-electron chi connectivity index (χ2n) is 15.2. The molecule has 0 heterocycles. The predicted octanol–water partition coefficient (Wildman–Crippen LogP) is -8.66. The average Bonchev–Trinajstić information content (AvgIpc) is 3.32. The minimum absolute atomic E-state index is 0.0129. The van der Waals surface area contributed by atoms with Crippen LogP contribution in [0.25, 0.3) is 0 Å². The fourth-order valence-corrected chi connectivity index (χ4v) is 3.86. The first kappa shape index (κ1) is 84.4. The van der Waals surface area contributed by atoms with E-state index in [0.717, 1.165) is 0 Å². The van der Waals surface area contributed by atoms with Gasteiger partial charge in [-0.3, -0.25) is 58.7 Å². The van der Waals surface area contributed by atoms with E-state index in [1.54, 1.807) is 0 Å². The molecule has 6 atom stereocenters. The number of nitrogens with two attached hydrogens (primary N) is 18. The number of aliphatic carboxylic acids is 7. The van der Waals surface area contributed by atoms with E-state index in [9.17, 15) is 41.9 Å². The monoisotopic (exact) mass is 1160 g/mol. The van der Waals surface area contributed by atoms with Crippen LogP contribution in [0.4, 0.5) is 13.2 Å². The maximum absolute atomic E-state index is 10.6. The SMILES string of the molecule is NC(N)=NCCC[C@@H](N)C(=O)O.NC(N)=NCCC[C@@H](N)C(=O)O.NC(N)=NCCC[C@@H](N)C(=O)O.NC(N)=NCCC[C@@H](N)C(=O)O.NC(N)=NCCC[C@@H](N)C(=O)O.NC(N)=NCCC[C@@H](N)C(=O)O.O=C(O)C(F)(F)F. The number of nitrogens with zero attached hydrogens (tertiary/aromatic N) is 6. The summed E-state index contributed by atoms with van der Waals surface area (Å²) >= 11 is 0. The Morgan fingerprint density at radius 2 is 0.392 bits per heavy atom. The number of hydrogen-bond donors (Lipinski definition) is 25. The number of aliphatic imine (C=N–C) groups is 6. The lowest BCUT2D eigenvalue weighted by Crippen LogP contribution is -2.30. The van der Waals surface area contributed by atoms with Crippen LogP contribution in [0.15, 0.2) is 30.0 Å². The summed E-state index contributed by atoms with van der Waals surface area (Å²) < 4.78 is 31.7. The number of hydrogen-bond acceptors (Lipinski definition) is 19. The summed E-state index contributed by atoms with van der Waals surface area (Å²) in [5.41, 5.74) is 91.9. The topological polar surface area (TPSA) is 804 Å². The zero-order valence-electron chi connectivity index (χ0n) is 43.4. The molecule has 79 heavy (non-hydrogen) atoms. The molecule has 0 aliphatic carbocycles. The number of halogens is 3. The zero-order valence-corrected chi connectivity index (χ0v) is 43.4. The number of guanidine groups is 6. The Kier molecular flexibility index (Phi) is 56.5. The summed E-state index contributed by atoms with van der Waals surface area (Å²) in [5.74, 6) is -8.68. The van der Waals surface area contributed by atoms with Gasteiger partial charge in [-0.2, -0.15) is 13.2 Å². The predicted molar refractivity (Wildman–Crippen MR) is 287 cm³/mol. The summed E-state index contributed by atoms with van der Waals surface area (Å²) in [4.78, 5) is 92.3. The minimum atomic E-state index is -5.08. The Morgan fingerprint density at radius 3 is 0.456 bits per heavy atom. The molecule has 0 bridgehead atoms. The Morgan fingerprint density at radius 1 is 0.291 bits per heavy atom. The molecule has 0 aliphatic rings. The largest absolute Gasteiger partial charge is 0.490 e. The van der Waals surface area contributed by atoms with E-state index >= 15 is 0 Å². The van der Waals surface area contributed by atoms with Crippen molar-refractivity contribution in [1.29, 1.82) is 0 Å². The molecule has 0 aliphatic heterocycles. The van der Waals surface area contributed by atoms with Gasteiger partial charge in [-0.05, 0) is 77.0 Å². The van der Waals surface area contributed by atoms with Crippen LogP contribution in [0.2, 0.25) is 0 Å². The van der Waals surface area contributed by atoms with E-state index in [-0.39, 0.29) is 35.8 Å². The van der Waals surface area contributed by atoms with Gasteiger partial charge in [0.05, 0.1) is 0 Å².